The first-order valence-corrected chi connectivity index (χ1v) is 11.3. The van der Waals surface area contributed by atoms with E-state index in [1.807, 2.05) is 43.6 Å². The predicted octanol–water partition coefficient (Wildman–Crippen LogP) is 2.99. The first-order valence-electron chi connectivity index (χ1n) is 11.3. The van der Waals surface area contributed by atoms with Gasteiger partial charge in [-0.3, -0.25) is 9.48 Å². The molecule has 0 spiro atoms. The van der Waals surface area contributed by atoms with Crippen LogP contribution in [0.15, 0.2) is 48.9 Å². The number of benzene rings is 1. The summed E-state index contributed by atoms with van der Waals surface area (Å²) in [7, 11) is 5.50. The summed E-state index contributed by atoms with van der Waals surface area (Å²) in [6.07, 6.45) is 4.36. The summed E-state index contributed by atoms with van der Waals surface area (Å²) in [5, 5.41) is 7.72. The maximum absolute atomic E-state index is 13.2. The van der Waals surface area contributed by atoms with E-state index >= 15 is 0 Å². The highest BCUT2D eigenvalue weighted by Crippen LogP contribution is 2.58. The van der Waals surface area contributed by atoms with E-state index in [0.717, 1.165) is 36.3 Å². The molecule has 172 valence electrons. The number of likely N-dealkylation sites (tertiary alicyclic amines) is 1. The van der Waals surface area contributed by atoms with Crippen LogP contribution in [0.3, 0.4) is 0 Å². The molecule has 6 rings (SSSR count). The summed E-state index contributed by atoms with van der Waals surface area (Å²) >= 11 is 0. The van der Waals surface area contributed by atoms with Crippen molar-refractivity contribution in [1.82, 2.24) is 29.6 Å². The van der Waals surface area contributed by atoms with E-state index < -0.39 is 0 Å². The summed E-state index contributed by atoms with van der Waals surface area (Å²) in [5.74, 6) is 1.26. The van der Waals surface area contributed by atoms with Crippen molar-refractivity contribution in [3.8, 4) is 28.3 Å². The molecule has 2 aliphatic rings. The molecule has 1 amide bonds. The van der Waals surface area contributed by atoms with Gasteiger partial charge in [-0.25, -0.2) is 15.0 Å². The zero-order valence-corrected chi connectivity index (χ0v) is 19.3. The third kappa shape index (κ3) is 3.23. The number of carbonyl (C=O) groups excluding carboxylic acids is 1. The van der Waals surface area contributed by atoms with Gasteiger partial charge in [-0.1, -0.05) is 30.3 Å². The molecule has 9 nitrogen and oxygen atoms in total. The zero-order chi connectivity index (χ0) is 23.4. The van der Waals surface area contributed by atoms with Gasteiger partial charge in [0.05, 0.1) is 18.0 Å². The molecule has 1 unspecified atom stereocenters. The van der Waals surface area contributed by atoms with Crippen molar-refractivity contribution in [2.45, 2.75) is 6.42 Å². The molecule has 1 aliphatic heterocycles. The van der Waals surface area contributed by atoms with Crippen molar-refractivity contribution in [3.05, 3.63) is 48.9 Å². The number of piperidine rings is 1. The number of fused-ring (bicyclic) bond motifs is 2. The summed E-state index contributed by atoms with van der Waals surface area (Å²) < 4.78 is 7.33. The van der Waals surface area contributed by atoms with Gasteiger partial charge in [-0.2, -0.15) is 5.10 Å². The highest BCUT2D eigenvalue weighted by molar-refractivity contribution is 6.01. The van der Waals surface area contributed by atoms with E-state index in [9.17, 15) is 4.79 Å². The van der Waals surface area contributed by atoms with Crippen molar-refractivity contribution in [2.24, 2.45) is 18.4 Å². The van der Waals surface area contributed by atoms with Gasteiger partial charge in [-0.05, 0) is 19.4 Å². The van der Waals surface area contributed by atoms with Crippen LogP contribution in [0.25, 0.3) is 33.5 Å². The predicted molar refractivity (Wildman–Crippen MR) is 128 cm³/mol. The second kappa shape index (κ2) is 7.59. The van der Waals surface area contributed by atoms with Gasteiger partial charge >= 0.3 is 0 Å². The van der Waals surface area contributed by atoms with Crippen molar-refractivity contribution >= 4 is 22.8 Å². The number of rotatable bonds is 5. The molecule has 1 N–H and O–H groups in total. The number of nitrogens with one attached hydrogen (secondary N) is 1. The summed E-state index contributed by atoms with van der Waals surface area (Å²) in [5.41, 5.74) is 4.17. The van der Waals surface area contributed by atoms with Crippen LogP contribution in [-0.2, 0) is 11.8 Å². The Bertz CT molecular complexity index is 1420. The second-order valence-corrected chi connectivity index (χ2v) is 9.27. The molecule has 0 radical (unpaired) electrons. The highest BCUT2D eigenvalue weighted by Gasteiger charge is 2.64. The topological polar surface area (TPSA) is 98.1 Å². The largest absolute Gasteiger partial charge is 0.493 e. The van der Waals surface area contributed by atoms with Crippen molar-refractivity contribution in [1.29, 1.82) is 0 Å². The Kier molecular flexibility index (Phi) is 4.63. The molecule has 1 saturated heterocycles. The lowest BCUT2D eigenvalue weighted by Gasteiger charge is -2.17. The number of anilines is 1. The van der Waals surface area contributed by atoms with Crippen molar-refractivity contribution < 1.29 is 9.53 Å². The number of aromatic nitrogens is 5. The molecule has 34 heavy (non-hydrogen) atoms. The number of amides is 1. The summed E-state index contributed by atoms with van der Waals surface area (Å²) in [6, 6.07) is 11.8. The Morgan fingerprint density at radius 2 is 2.00 bits per heavy atom. The van der Waals surface area contributed by atoms with Crippen LogP contribution in [0, 0.1) is 11.3 Å². The van der Waals surface area contributed by atoms with E-state index in [-0.39, 0.29) is 11.3 Å². The first-order chi connectivity index (χ1) is 16.5. The lowest BCUT2D eigenvalue weighted by molar-refractivity contribution is -0.121. The molecule has 1 aliphatic carbocycles. The lowest BCUT2D eigenvalue weighted by Crippen LogP contribution is -2.31. The summed E-state index contributed by atoms with van der Waals surface area (Å²) in [6.45, 7) is 1.72. The van der Waals surface area contributed by atoms with Gasteiger partial charge in [0.25, 0.3) is 0 Å². The Hall–Kier alpha value is -3.85. The van der Waals surface area contributed by atoms with E-state index in [4.69, 9.17) is 9.72 Å². The monoisotopic (exact) mass is 455 g/mol. The van der Waals surface area contributed by atoms with Crippen LogP contribution in [0.1, 0.15) is 6.42 Å². The highest BCUT2D eigenvalue weighted by atomic mass is 16.5. The molecule has 3 aromatic heterocycles. The van der Waals surface area contributed by atoms with Crippen LogP contribution in [0.5, 0.6) is 5.75 Å². The normalized spacial score (nSPS) is 21.4. The molecule has 9 heteroatoms. The maximum atomic E-state index is 13.2. The van der Waals surface area contributed by atoms with Crippen LogP contribution < -0.4 is 10.1 Å². The van der Waals surface area contributed by atoms with Crippen LogP contribution in [-0.4, -0.2) is 62.8 Å². The fourth-order valence-corrected chi connectivity index (χ4v) is 5.20. The second-order valence-electron chi connectivity index (χ2n) is 9.27. The maximum Gasteiger partial charge on any atom is 0.233 e. The van der Waals surface area contributed by atoms with Crippen LogP contribution in [0.2, 0.25) is 0 Å². The molecule has 4 aromatic rings. The van der Waals surface area contributed by atoms with Gasteiger partial charge in [0.15, 0.2) is 11.6 Å². The van der Waals surface area contributed by atoms with Gasteiger partial charge in [-0.15, -0.1) is 0 Å². The number of aryl methyl sites for hydroxylation is 1. The molecule has 0 bridgehead atoms. The summed E-state index contributed by atoms with van der Waals surface area (Å²) in [4.78, 5) is 29.3. The number of ether oxygens (including phenoxy) is 1. The molecule has 4 heterocycles. The number of pyridine rings is 1. The molecule has 1 aromatic carbocycles. The van der Waals surface area contributed by atoms with E-state index in [2.05, 4.69) is 32.3 Å². The quantitative estimate of drug-likeness (QED) is 0.494. The molecular weight excluding hydrogens is 430 g/mol. The van der Waals surface area contributed by atoms with Gasteiger partial charge in [0.2, 0.25) is 5.91 Å². The fourth-order valence-electron chi connectivity index (χ4n) is 5.20. The smallest absolute Gasteiger partial charge is 0.233 e. The Balaban J connectivity index is 1.45. The zero-order valence-electron chi connectivity index (χ0n) is 19.3. The van der Waals surface area contributed by atoms with Gasteiger partial charge < -0.3 is 15.0 Å². The first kappa shape index (κ1) is 20.7. The lowest BCUT2D eigenvalue weighted by atomic mass is 10.0. The minimum Gasteiger partial charge on any atom is -0.493 e. The molecule has 2 atom stereocenters. The third-order valence-corrected chi connectivity index (χ3v) is 6.93. The Labute approximate surface area is 196 Å². The SMILES string of the molecule is COc1cc2ncnc(-c3cn(C)nc3-c3ccccc3)c2nc1NC(=O)C12C[C@@H]1CN(C)C2. The third-order valence-electron chi connectivity index (χ3n) is 6.93. The standard InChI is InChI=1S/C25H25N7O2/c1-31-11-16-10-25(16,13-31)24(33)29-23-19(34-3)9-18-22(28-23)21(27-14-26-18)17-12-32(2)30-20(17)15-7-5-4-6-8-15/h4-9,12,14,16H,10-11,13H2,1-3H3,(H,28,29,33)/t16-,25?/m1/s1. The van der Waals surface area contributed by atoms with E-state index in [1.54, 1.807) is 17.9 Å². The van der Waals surface area contributed by atoms with E-state index in [1.165, 1.54) is 6.33 Å². The minimum atomic E-state index is -0.323. The van der Waals surface area contributed by atoms with Gasteiger partial charge in [0, 0.05) is 43.5 Å². The average molecular weight is 456 g/mol. The van der Waals surface area contributed by atoms with E-state index in [0.29, 0.717) is 34.2 Å². The minimum absolute atomic E-state index is 0.00301. The fraction of sp³-hybridized carbons (Fsp3) is 0.320. The number of hydrogen-bond acceptors (Lipinski definition) is 7. The van der Waals surface area contributed by atoms with Crippen molar-refractivity contribution in [3.63, 3.8) is 0 Å². The van der Waals surface area contributed by atoms with Crippen LogP contribution in [0.4, 0.5) is 5.82 Å². The number of hydrogen-bond donors (Lipinski definition) is 1. The van der Waals surface area contributed by atoms with Gasteiger partial charge in [0.1, 0.15) is 23.2 Å². The van der Waals surface area contributed by atoms with Crippen molar-refractivity contribution in [2.75, 3.05) is 32.6 Å². The number of methoxy groups -OCH3 is 1. The molecule has 2 fully saturated rings. The number of carbonyl (C=O) groups is 1. The number of nitrogens with zero attached hydrogens (tertiary/aromatic N) is 6. The molecular formula is C25H25N7O2. The Morgan fingerprint density at radius 1 is 1.18 bits per heavy atom. The Morgan fingerprint density at radius 3 is 2.74 bits per heavy atom. The molecule has 1 saturated carbocycles. The average Bonchev–Trinajstić information content (AvgIpc) is 3.21. The van der Waals surface area contributed by atoms with Crippen LogP contribution >= 0.6 is 0 Å².